The van der Waals surface area contributed by atoms with E-state index < -0.39 is 0 Å². The van der Waals surface area contributed by atoms with Crippen LogP contribution in [-0.4, -0.2) is 0 Å². The minimum absolute atomic E-state index is 0.342. The van der Waals surface area contributed by atoms with Gasteiger partial charge in [0.25, 0.3) is 0 Å². The molecule has 0 radical (unpaired) electrons. The number of fused-ring (bicyclic) bond motifs is 6. The van der Waals surface area contributed by atoms with Crippen molar-refractivity contribution >= 4 is 39.0 Å². The van der Waals surface area contributed by atoms with Crippen molar-refractivity contribution in [3.05, 3.63) is 235 Å². The Morgan fingerprint density at radius 3 is 1.66 bits per heavy atom. The maximum absolute atomic E-state index is 6.54. The van der Waals surface area contributed by atoms with Crippen LogP contribution in [0.4, 0.5) is 17.1 Å². The Labute approximate surface area is 338 Å². The second kappa shape index (κ2) is 13.7. The lowest BCUT2D eigenvalue weighted by atomic mass is 9.74. The van der Waals surface area contributed by atoms with E-state index in [0.29, 0.717) is 0 Å². The van der Waals surface area contributed by atoms with Crippen molar-refractivity contribution in [2.45, 2.75) is 12.3 Å². The highest BCUT2D eigenvalue weighted by molar-refractivity contribution is 6.06. The van der Waals surface area contributed by atoms with Crippen molar-refractivity contribution in [3.63, 3.8) is 0 Å². The zero-order valence-corrected chi connectivity index (χ0v) is 32.1. The molecule has 1 aromatic heterocycles. The zero-order chi connectivity index (χ0) is 38.6. The third-order valence-corrected chi connectivity index (χ3v) is 12.2. The second-order valence-electron chi connectivity index (χ2n) is 15.4. The molecule has 0 amide bonds. The Balaban J connectivity index is 1.15. The van der Waals surface area contributed by atoms with E-state index in [1.54, 1.807) is 0 Å². The molecule has 0 spiro atoms. The predicted octanol–water partition coefficient (Wildman–Crippen LogP) is 15.4. The molecular formula is C56H39NO. The first-order valence-corrected chi connectivity index (χ1v) is 20.0. The van der Waals surface area contributed by atoms with Crippen molar-refractivity contribution in [2.75, 3.05) is 4.90 Å². The van der Waals surface area contributed by atoms with Crippen LogP contribution < -0.4 is 4.90 Å². The van der Waals surface area contributed by atoms with Crippen LogP contribution in [0.15, 0.2) is 223 Å². The van der Waals surface area contributed by atoms with E-state index >= 15 is 0 Å². The summed E-state index contributed by atoms with van der Waals surface area (Å²) in [5.41, 5.74) is 18.2. The van der Waals surface area contributed by atoms with Crippen LogP contribution >= 0.6 is 0 Å². The summed E-state index contributed by atoms with van der Waals surface area (Å²) >= 11 is 0. The van der Waals surface area contributed by atoms with Gasteiger partial charge in [-0.1, -0.05) is 176 Å². The summed E-state index contributed by atoms with van der Waals surface area (Å²) in [6.07, 6.45) is 0. The molecule has 2 nitrogen and oxygen atoms in total. The van der Waals surface area contributed by atoms with E-state index in [0.717, 1.165) is 44.6 Å². The van der Waals surface area contributed by atoms with E-state index in [9.17, 15) is 0 Å². The van der Waals surface area contributed by atoms with Crippen molar-refractivity contribution in [2.24, 2.45) is 0 Å². The lowest BCUT2D eigenvalue weighted by molar-refractivity contribution is 0.669. The van der Waals surface area contributed by atoms with Gasteiger partial charge in [-0.25, -0.2) is 0 Å². The van der Waals surface area contributed by atoms with Crippen molar-refractivity contribution in [1.82, 2.24) is 0 Å². The van der Waals surface area contributed by atoms with Crippen molar-refractivity contribution in [3.8, 4) is 44.5 Å². The first-order chi connectivity index (χ1) is 28.7. The number of furan rings is 1. The normalized spacial score (nSPS) is 14.4. The highest BCUT2D eigenvalue weighted by atomic mass is 16.3. The van der Waals surface area contributed by atoms with Crippen LogP contribution in [0, 0.1) is 0 Å². The largest absolute Gasteiger partial charge is 0.456 e. The van der Waals surface area contributed by atoms with Gasteiger partial charge in [0, 0.05) is 39.2 Å². The summed E-state index contributed by atoms with van der Waals surface area (Å²) in [7, 11) is 0. The molecule has 0 saturated carbocycles. The Hall–Kier alpha value is -7.42. The van der Waals surface area contributed by atoms with E-state index in [1.165, 1.54) is 55.6 Å². The van der Waals surface area contributed by atoms with E-state index in [4.69, 9.17) is 4.42 Å². The van der Waals surface area contributed by atoms with Crippen LogP contribution in [0.5, 0.6) is 0 Å². The first kappa shape index (κ1) is 33.9. The van der Waals surface area contributed by atoms with Gasteiger partial charge in [0.2, 0.25) is 0 Å². The average molecular weight is 742 g/mol. The third kappa shape index (κ3) is 5.33. The standard InChI is InChI=1S/C56H39NO/c1-56(39-20-6-3-7-21-39)51-29-15-12-26-46(51)47-34-32-40(36-52(47)56)57(41-33-35-50-49-28-14-17-31-54(49)58-55(50)37-41)53-30-16-13-27-48(53)45-25-11-10-24-44(45)43-23-9-8-22-42(43)38-18-4-2-5-19-38/h2-37H,1H3. The number of rotatable bonds is 7. The SMILES string of the molecule is CC1(c2ccccc2)c2ccccc2-c2ccc(N(c3ccc4c(c3)oc3ccccc34)c3ccccc3-c3ccccc3-c3ccccc3-c3ccccc3)cc21. The molecule has 0 aliphatic heterocycles. The Morgan fingerprint density at radius 2 is 0.879 bits per heavy atom. The summed E-state index contributed by atoms with van der Waals surface area (Å²) in [6, 6.07) is 79.0. The summed E-state index contributed by atoms with van der Waals surface area (Å²) in [5.74, 6) is 0. The minimum Gasteiger partial charge on any atom is -0.456 e. The van der Waals surface area contributed by atoms with Gasteiger partial charge < -0.3 is 9.32 Å². The predicted molar refractivity (Wildman–Crippen MR) is 242 cm³/mol. The minimum atomic E-state index is -0.342. The number of para-hydroxylation sites is 2. The molecule has 0 N–H and O–H groups in total. The molecule has 9 aromatic carbocycles. The molecule has 2 heteroatoms. The topological polar surface area (TPSA) is 16.4 Å². The molecule has 0 fully saturated rings. The highest BCUT2D eigenvalue weighted by Crippen LogP contribution is 2.54. The first-order valence-electron chi connectivity index (χ1n) is 20.0. The molecule has 1 atom stereocenters. The Morgan fingerprint density at radius 1 is 0.362 bits per heavy atom. The zero-order valence-electron chi connectivity index (χ0n) is 32.1. The number of hydrogen-bond donors (Lipinski definition) is 0. The molecule has 1 aliphatic rings. The molecule has 1 unspecified atom stereocenters. The molecule has 0 saturated heterocycles. The van der Waals surface area contributed by atoms with Gasteiger partial charge in [-0.2, -0.15) is 0 Å². The fourth-order valence-electron chi connectivity index (χ4n) is 9.42. The van der Waals surface area contributed by atoms with Crippen molar-refractivity contribution in [1.29, 1.82) is 0 Å². The van der Waals surface area contributed by atoms with Gasteiger partial charge in [-0.3, -0.25) is 0 Å². The molecule has 1 heterocycles. The molecule has 1 aliphatic carbocycles. The monoisotopic (exact) mass is 741 g/mol. The van der Waals surface area contributed by atoms with Crippen LogP contribution in [0.1, 0.15) is 23.6 Å². The Bertz CT molecular complexity index is 3140. The summed E-state index contributed by atoms with van der Waals surface area (Å²) < 4.78 is 6.54. The van der Waals surface area contributed by atoms with Crippen LogP contribution in [0.3, 0.4) is 0 Å². The number of nitrogens with zero attached hydrogens (tertiary/aromatic N) is 1. The molecule has 58 heavy (non-hydrogen) atoms. The smallest absolute Gasteiger partial charge is 0.137 e. The van der Waals surface area contributed by atoms with E-state index in [2.05, 4.69) is 224 Å². The Kier molecular flexibility index (Phi) is 7.97. The van der Waals surface area contributed by atoms with Crippen molar-refractivity contribution < 1.29 is 4.42 Å². The lowest BCUT2D eigenvalue weighted by Gasteiger charge is -2.32. The van der Waals surface area contributed by atoms with Crippen LogP contribution in [0.2, 0.25) is 0 Å². The third-order valence-electron chi connectivity index (χ3n) is 12.2. The maximum atomic E-state index is 6.54. The lowest BCUT2D eigenvalue weighted by Crippen LogP contribution is -2.22. The maximum Gasteiger partial charge on any atom is 0.137 e. The molecule has 11 rings (SSSR count). The van der Waals surface area contributed by atoms with Crippen LogP contribution in [-0.2, 0) is 5.41 Å². The average Bonchev–Trinajstić information content (AvgIpc) is 3.80. The van der Waals surface area contributed by atoms with Gasteiger partial charge >= 0.3 is 0 Å². The quantitative estimate of drug-likeness (QED) is 0.162. The van der Waals surface area contributed by atoms with Gasteiger partial charge in [0.1, 0.15) is 11.2 Å². The molecule has 10 aromatic rings. The second-order valence-corrected chi connectivity index (χ2v) is 15.4. The van der Waals surface area contributed by atoms with Gasteiger partial charge in [0.05, 0.1) is 5.69 Å². The van der Waals surface area contributed by atoms with E-state index in [1.807, 2.05) is 6.07 Å². The van der Waals surface area contributed by atoms with E-state index in [-0.39, 0.29) is 5.41 Å². The number of hydrogen-bond acceptors (Lipinski definition) is 2. The van der Waals surface area contributed by atoms with Gasteiger partial charge in [-0.15, -0.1) is 0 Å². The number of benzene rings is 9. The molecular weight excluding hydrogens is 703 g/mol. The van der Waals surface area contributed by atoms with Gasteiger partial charge in [0.15, 0.2) is 0 Å². The van der Waals surface area contributed by atoms with Gasteiger partial charge in [-0.05, 0) is 99.0 Å². The molecule has 0 bridgehead atoms. The summed E-state index contributed by atoms with van der Waals surface area (Å²) in [4.78, 5) is 2.43. The fourth-order valence-corrected chi connectivity index (χ4v) is 9.42. The summed E-state index contributed by atoms with van der Waals surface area (Å²) in [5, 5.41) is 2.23. The molecule has 274 valence electrons. The summed E-state index contributed by atoms with van der Waals surface area (Å²) in [6.45, 7) is 2.38. The number of anilines is 3. The highest BCUT2D eigenvalue weighted by Gasteiger charge is 2.41. The fraction of sp³-hybridized carbons (Fsp3) is 0.0357. The van der Waals surface area contributed by atoms with Crippen LogP contribution in [0.25, 0.3) is 66.4 Å².